The van der Waals surface area contributed by atoms with Crippen LogP contribution in [0.3, 0.4) is 0 Å². The number of hydrogen-bond acceptors (Lipinski definition) is 3. The van der Waals surface area contributed by atoms with Crippen LogP contribution in [0.4, 0.5) is 5.69 Å². The summed E-state index contributed by atoms with van der Waals surface area (Å²) in [6.45, 7) is 1.56. The highest BCUT2D eigenvalue weighted by atomic mass is 79.9. The molecule has 1 heterocycles. The molecule has 1 aliphatic heterocycles. The van der Waals surface area contributed by atoms with Crippen LogP contribution in [0.2, 0.25) is 0 Å². The number of amides is 1. The van der Waals surface area contributed by atoms with Crippen molar-refractivity contribution in [2.45, 2.75) is 19.4 Å². The Bertz CT molecular complexity index is 783. The first-order valence-electron chi connectivity index (χ1n) is 7.86. The minimum absolute atomic E-state index is 0.0401. The average molecular weight is 386 g/mol. The number of carbonyl (C=O) groups excluding carboxylic acids is 1. The lowest BCUT2D eigenvalue weighted by atomic mass is 9.98. The van der Waals surface area contributed by atoms with E-state index in [4.69, 9.17) is 0 Å². The number of hydrazone groups is 1. The lowest BCUT2D eigenvalue weighted by Gasteiger charge is -2.20. The number of halogens is 1. The molecule has 0 radical (unpaired) electrons. The molecule has 1 unspecified atom stereocenters. The first kappa shape index (κ1) is 16.7. The fourth-order valence-electron chi connectivity index (χ4n) is 2.88. The van der Waals surface area contributed by atoms with Crippen molar-refractivity contribution in [1.82, 2.24) is 5.01 Å². The first-order valence-corrected chi connectivity index (χ1v) is 8.65. The Balaban J connectivity index is 1.93. The molecule has 5 heteroatoms. The van der Waals surface area contributed by atoms with Gasteiger partial charge in [0.2, 0.25) is 5.91 Å². The standard InChI is InChI=1S/C19H20BrN3O/c1-13(24)23-19(14-7-9-16(20)10-8-14)12-18(21-23)15-5-4-6-17(11-15)22(2)3/h4-11,19H,12H2,1-3H3. The summed E-state index contributed by atoms with van der Waals surface area (Å²) >= 11 is 3.45. The van der Waals surface area contributed by atoms with Crippen molar-refractivity contribution in [3.05, 3.63) is 64.1 Å². The molecule has 3 rings (SSSR count). The zero-order valence-electron chi connectivity index (χ0n) is 14.0. The van der Waals surface area contributed by atoms with Crippen LogP contribution in [0.15, 0.2) is 58.1 Å². The average Bonchev–Trinajstić information content (AvgIpc) is 3.01. The van der Waals surface area contributed by atoms with E-state index in [2.05, 4.69) is 38.1 Å². The van der Waals surface area contributed by atoms with Crippen LogP contribution in [0.1, 0.15) is 30.5 Å². The van der Waals surface area contributed by atoms with Gasteiger partial charge in [-0.05, 0) is 35.4 Å². The molecule has 0 spiro atoms. The molecule has 124 valence electrons. The van der Waals surface area contributed by atoms with Gasteiger partial charge in [0.25, 0.3) is 0 Å². The monoisotopic (exact) mass is 385 g/mol. The second kappa shape index (κ2) is 6.77. The second-order valence-corrected chi connectivity index (χ2v) is 7.04. The molecule has 0 fully saturated rings. The van der Waals surface area contributed by atoms with Gasteiger partial charge in [0.15, 0.2) is 0 Å². The van der Waals surface area contributed by atoms with Crippen LogP contribution in [-0.4, -0.2) is 30.7 Å². The van der Waals surface area contributed by atoms with Crippen LogP contribution in [0.5, 0.6) is 0 Å². The molecule has 2 aromatic rings. The lowest BCUT2D eigenvalue weighted by Crippen LogP contribution is -2.24. The maximum Gasteiger partial charge on any atom is 0.240 e. The zero-order chi connectivity index (χ0) is 17.3. The van der Waals surface area contributed by atoms with Crippen molar-refractivity contribution in [3.63, 3.8) is 0 Å². The van der Waals surface area contributed by atoms with E-state index in [1.54, 1.807) is 11.9 Å². The summed E-state index contributed by atoms with van der Waals surface area (Å²) in [5.74, 6) is -0.0401. The van der Waals surface area contributed by atoms with Crippen molar-refractivity contribution in [1.29, 1.82) is 0 Å². The van der Waals surface area contributed by atoms with Crippen molar-refractivity contribution in [2.24, 2.45) is 5.10 Å². The van der Waals surface area contributed by atoms with Crippen molar-refractivity contribution >= 4 is 33.2 Å². The third kappa shape index (κ3) is 3.36. The second-order valence-electron chi connectivity index (χ2n) is 6.13. The molecule has 0 saturated carbocycles. The molecule has 1 amide bonds. The molecule has 0 aliphatic carbocycles. The van der Waals surface area contributed by atoms with E-state index >= 15 is 0 Å². The van der Waals surface area contributed by atoms with E-state index < -0.39 is 0 Å². The maximum absolute atomic E-state index is 12.1. The predicted octanol–water partition coefficient (Wildman–Crippen LogP) is 4.21. The smallest absolute Gasteiger partial charge is 0.240 e. The Kier molecular flexibility index (Phi) is 4.71. The number of benzene rings is 2. The third-order valence-electron chi connectivity index (χ3n) is 4.18. The number of carbonyl (C=O) groups is 1. The van der Waals surface area contributed by atoms with Gasteiger partial charge in [-0.3, -0.25) is 4.79 Å². The summed E-state index contributed by atoms with van der Waals surface area (Å²) in [6.07, 6.45) is 0.720. The summed E-state index contributed by atoms with van der Waals surface area (Å²) in [4.78, 5) is 14.1. The number of nitrogens with zero attached hydrogens (tertiary/aromatic N) is 3. The third-order valence-corrected chi connectivity index (χ3v) is 4.71. The highest BCUT2D eigenvalue weighted by Gasteiger charge is 2.31. The molecule has 0 N–H and O–H groups in total. The van der Waals surface area contributed by atoms with Gasteiger partial charge >= 0.3 is 0 Å². The Morgan fingerprint density at radius 2 is 1.92 bits per heavy atom. The molecule has 0 bridgehead atoms. The molecular formula is C19H20BrN3O. The summed E-state index contributed by atoms with van der Waals surface area (Å²) in [5.41, 5.74) is 4.22. The molecule has 0 aromatic heterocycles. The summed E-state index contributed by atoms with van der Waals surface area (Å²) in [6, 6.07) is 16.3. The maximum atomic E-state index is 12.1. The van der Waals surface area contributed by atoms with Crippen LogP contribution < -0.4 is 4.90 Å². The zero-order valence-corrected chi connectivity index (χ0v) is 15.6. The first-order chi connectivity index (χ1) is 11.5. The van der Waals surface area contributed by atoms with Crippen molar-refractivity contribution in [3.8, 4) is 0 Å². The normalized spacial score (nSPS) is 16.9. The largest absolute Gasteiger partial charge is 0.378 e. The van der Waals surface area contributed by atoms with Crippen LogP contribution in [-0.2, 0) is 4.79 Å². The molecule has 24 heavy (non-hydrogen) atoms. The Morgan fingerprint density at radius 3 is 2.54 bits per heavy atom. The van der Waals surface area contributed by atoms with E-state index in [0.717, 1.165) is 33.4 Å². The predicted molar refractivity (Wildman–Crippen MR) is 101 cm³/mol. The van der Waals surface area contributed by atoms with Gasteiger partial charge in [0, 0.05) is 37.6 Å². The van der Waals surface area contributed by atoms with E-state index in [9.17, 15) is 4.79 Å². The van der Waals surface area contributed by atoms with Gasteiger partial charge in [-0.25, -0.2) is 5.01 Å². The highest BCUT2D eigenvalue weighted by Crippen LogP contribution is 2.33. The topological polar surface area (TPSA) is 35.9 Å². The molecule has 2 aromatic carbocycles. The number of anilines is 1. The van der Waals surface area contributed by atoms with Crippen LogP contribution >= 0.6 is 15.9 Å². The molecular weight excluding hydrogens is 366 g/mol. The molecule has 0 saturated heterocycles. The highest BCUT2D eigenvalue weighted by molar-refractivity contribution is 9.10. The van der Waals surface area contributed by atoms with E-state index in [0.29, 0.717) is 0 Å². The number of hydrogen-bond donors (Lipinski definition) is 0. The number of rotatable bonds is 3. The Hall–Kier alpha value is -2.14. The fourth-order valence-corrected chi connectivity index (χ4v) is 3.15. The minimum atomic E-state index is -0.0476. The van der Waals surface area contributed by atoms with E-state index in [1.165, 1.54) is 0 Å². The van der Waals surface area contributed by atoms with E-state index in [1.807, 2.05) is 50.5 Å². The van der Waals surface area contributed by atoms with Crippen LogP contribution in [0.25, 0.3) is 0 Å². The van der Waals surface area contributed by atoms with E-state index in [-0.39, 0.29) is 11.9 Å². The lowest BCUT2D eigenvalue weighted by molar-refractivity contribution is -0.130. The molecule has 4 nitrogen and oxygen atoms in total. The quantitative estimate of drug-likeness (QED) is 0.792. The summed E-state index contributed by atoms with van der Waals surface area (Å²) in [5, 5.41) is 6.21. The van der Waals surface area contributed by atoms with Crippen molar-refractivity contribution in [2.75, 3.05) is 19.0 Å². The Labute approximate surface area is 150 Å². The van der Waals surface area contributed by atoms with Gasteiger partial charge in [0.1, 0.15) is 0 Å². The molecule has 1 atom stereocenters. The molecule has 1 aliphatic rings. The fraction of sp³-hybridized carbons (Fsp3) is 0.263. The van der Waals surface area contributed by atoms with Gasteiger partial charge < -0.3 is 4.90 Å². The van der Waals surface area contributed by atoms with Gasteiger partial charge in [-0.1, -0.05) is 40.2 Å². The van der Waals surface area contributed by atoms with Gasteiger partial charge in [-0.2, -0.15) is 5.10 Å². The van der Waals surface area contributed by atoms with Gasteiger partial charge in [0.05, 0.1) is 11.8 Å². The van der Waals surface area contributed by atoms with Crippen LogP contribution in [0, 0.1) is 0 Å². The SMILES string of the molecule is CC(=O)N1N=C(c2cccc(N(C)C)c2)CC1c1ccc(Br)cc1. The Morgan fingerprint density at radius 1 is 1.21 bits per heavy atom. The summed E-state index contributed by atoms with van der Waals surface area (Å²) in [7, 11) is 4.03. The summed E-state index contributed by atoms with van der Waals surface area (Å²) < 4.78 is 1.03. The van der Waals surface area contributed by atoms with Crippen molar-refractivity contribution < 1.29 is 4.79 Å². The van der Waals surface area contributed by atoms with Gasteiger partial charge in [-0.15, -0.1) is 0 Å². The minimum Gasteiger partial charge on any atom is -0.378 e.